The number of carbonyl (C=O) groups is 4. The first-order valence-electron chi connectivity index (χ1n) is 19.9. The average Bonchev–Trinajstić information content (AvgIpc) is 4.01. The second-order valence-electron chi connectivity index (χ2n) is 16.8. The highest BCUT2D eigenvalue weighted by Crippen LogP contribution is 2.57. The van der Waals surface area contributed by atoms with Gasteiger partial charge in [0.1, 0.15) is 27.0 Å². The molecule has 1 spiro atoms. The van der Waals surface area contributed by atoms with Gasteiger partial charge in [-0.05, 0) is 84.1 Å². The van der Waals surface area contributed by atoms with Crippen LogP contribution in [0.25, 0.3) is 10.9 Å². The van der Waals surface area contributed by atoms with E-state index in [0.717, 1.165) is 60.7 Å². The third-order valence-corrected chi connectivity index (χ3v) is 16.7. The van der Waals surface area contributed by atoms with Crippen LogP contribution < -0.4 is 20.1 Å². The Morgan fingerprint density at radius 2 is 1.78 bits per heavy atom. The van der Waals surface area contributed by atoms with Gasteiger partial charge in [0, 0.05) is 36.4 Å². The van der Waals surface area contributed by atoms with Crippen LogP contribution in [0.4, 0.5) is 4.79 Å². The molecule has 15 heteroatoms. The summed E-state index contributed by atoms with van der Waals surface area (Å²) in [7, 11) is -3.89. The van der Waals surface area contributed by atoms with E-state index in [9.17, 15) is 27.6 Å². The number of alkyl halides is 1. The SMILES string of the molecule is Cc1nc2ccccc2c2c1O[C@]1(CC2)C[C@H]2C(=O)N[C@@]3(I)C(C(=O)NS(=O)(=O)C4(C)CC4)[C@H]3/C=C\CCCCC[C@H](NC(=O)N3CCCCC3)C(=O)N2C1. The van der Waals surface area contributed by atoms with Gasteiger partial charge in [-0.2, -0.15) is 0 Å². The highest BCUT2D eigenvalue weighted by Gasteiger charge is 2.68. The molecule has 8 rings (SSSR count). The number of halogens is 1. The van der Waals surface area contributed by atoms with Gasteiger partial charge < -0.3 is 25.2 Å². The van der Waals surface area contributed by atoms with Gasteiger partial charge in [-0.25, -0.2) is 18.2 Å². The summed E-state index contributed by atoms with van der Waals surface area (Å²) in [5, 5.41) is 7.21. The number of amides is 5. The van der Waals surface area contributed by atoms with Crippen LogP contribution in [0.2, 0.25) is 0 Å². The number of fused-ring (bicyclic) bond motifs is 5. The lowest BCUT2D eigenvalue weighted by atomic mass is 9.87. The van der Waals surface area contributed by atoms with Crippen molar-refractivity contribution < 1.29 is 32.3 Å². The fraction of sp³-hybridized carbons (Fsp3) is 0.625. The topological polar surface area (TPSA) is 167 Å². The van der Waals surface area contributed by atoms with Crippen molar-refractivity contribution in [1.82, 2.24) is 30.1 Å². The van der Waals surface area contributed by atoms with Crippen LogP contribution >= 0.6 is 22.6 Å². The Kier molecular flexibility index (Phi) is 10.1. The third kappa shape index (κ3) is 7.20. The number of rotatable bonds is 4. The second-order valence-corrected chi connectivity index (χ2v) is 20.8. The fourth-order valence-electron chi connectivity index (χ4n) is 9.08. The monoisotopic (exact) mass is 886 g/mol. The van der Waals surface area contributed by atoms with Gasteiger partial charge in [0.15, 0.2) is 0 Å². The Morgan fingerprint density at radius 1 is 1.04 bits per heavy atom. The van der Waals surface area contributed by atoms with Crippen molar-refractivity contribution in [3.8, 4) is 5.75 Å². The molecule has 2 saturated carbocycles. The van der Waals surface area contributed by atoms with E-state index in [0.29, 0.717) is 57.4 Å². The number of sulfonamides is 1. The maximum atomic E-state index is 14.8. The summed E-state index contributed by atoms with van der Waals surface area (Å²) >= 11 is 2.08. The van der Waals surface area contributed by atoms with E-state index in [2.05, 4.69) is 37.9 Å². The molecular weight excluding hydrogens is 835 g/mol. The van der Waals surface area contributed by atoms with Gasteiger partial charge in [0.25, 0.3) is 0 Å². The third-order valence-electron chi connectivity index (χ3n) is 12.8. The number of urea groups is 1. The van der Waals surface area contributed by atoms with E-state index < -0.39 is 59.7 Å². The number of likely N-dealkylation sites (tertiary alicyclic amines) is 1. The molecule has 4 fully saturated rings. The standard InChI is InChI=1S/C40H51IN6O7S/c1-25-33-27(26-13-9-10-15-29(26)42-25)17-18-39(54-33)23-31-34(48)44-40(41)28(32(40)35(49)45-55(52,53)38(2)19-20-38)14-7-4-3-5-8-16-30(36(50)47(31)24-39)43-37(51)46-21-11-6-12-22-46/h7,9-10,13-15,28,30-32H,3-6,8,11-12,16-24H2,1-2H3,(H,43,51)(H,44,48)(H,45,49)/b14-7-/t28-,30+,31+,32?,39-,40-/m1/s1. The molecule has 4 aliphatic heterocycles. The van der Waals surface area contributed by atoms with Crippen LogP contribution in [-0.4, -0.2) is 92.6 Å². The van der Waals surface area contributed by atoms with Crippen molar-refractivity contribution in [2.24, 2.45) is 11.8 Å². The van der Waals surface area contributed by atoms with Crippen molar-refractivity contribution in [3.05, 3.63) is 47.7 Å². The van der Waals surface area contributed by atoms with E-state index in [-0.39, 0.29) is 24.9 Å². The molecule has 1 unspecified atom stereocenters. The Hall–Kier alpha value is -3.47. The molecule has 2 aromatic rings. The fourth-order valence-corrected chi connectivity index (χ4v) is 11.7. The average molecular weight is 887 g/mol. The maximum absolute atomic E-state index is 14.8. The van der Waals surface area contributed by atoms with Gasteiger partial charge in [0.2, 0.25) is 27.7 Å². The number of hydrogen-bond donors (Lipinski definition) is 3. The minimum Gasteiger partial charge on any atom is -0.483 e. The lowest BCUT2D eigenvalue weighted by molar-refractivity contribution is -0.140. The second kappa shape index (κ2) is 14.5. The number of carbonyl (C=O) groups excluding carboxylic acids is 4. The van der Waals surface area contributed by atoms with Crippen molar-refractivity contribution in [2.45, 2.75) is 123 Å². The van der Waals surface area contributed by atoms with E-state index in [1.165, 1.54) is 0 Å². The molecule has 2 saturated heterocycles. The Bertz CT molecular complexity index is 2050. The summed E-state index contributed by atoms with van der Waals surface area (Å²) in [5.41, 5.74) is 1.79. The molecule has 13 nitrogen and oxygen atoms in total. The number of para-hydroxylation sites is 1. The smallest absolute Gasteiger partial charge is 0.318 e. The summed E-state index contributed by atoms with van der Waals surface area (Å²) in [6.07, 6.45) is 12.7. The number of ether oxygens (including phenoxy) is 1. The zero-order valence-corrected chi connectivity index (χ0v) is 34.5. The van der Waals surface area contributed by atoms with Crippen molar-refractivity contribution in [1.29, 1.82) is 0 Å². The Morgan fingerprint density at radius 3 is 2.55 bits per heavy atom. The van der Waals surface area contributed by atoms with Crippen LogP contribution in [0.5, 0.6) is 5.75 Å². The molecule has 2 aliphatic carbocycles. The first-order valence-corrected chi connectivity index (χ1v) is 22.5. The molecule has 296 valence electrons. The number of hydrogen-bond acceptors (Lipinski definition) is 8. The molecule has 0 radical (unpaired) electrons. The molecular formula is C40H51IN6O7S. The Labute approximate surface area is 336 Å². The molecule has 55 heavy (non-hydrogen) atoms. The van der Waals surface area contributed by atoms with Crippen LogP contribution in [-0.2, 0) is 30.8 Å². The Balaban J connectivity index is 1.11. The normalized spacial score (nSPS) is 32.5. The quantitative estimate of drug-likeness (QED) is 0.171. The molecule has 5 heterocycles. The van der Waals surface area contributed by atoms with Crippen LogP contribution in [0.1, 0.15) is 95.2 Å². The summed E-state index contributed by atoms with van der Waals surface area (Å²) < 4.78 is 33.3. The number of benzene rings is 1. The largest absolute Gasteiger partial charge is 0.483 e. The first-order chi connectivity index (χ1) is 26.2. The molecule has 1 aromatic heterocycles. The summed E-state index contributed by atoms with van der Waals surface area (Å²) in [6.45, 7) is 4.97. The number of allylic oxidation sites excluding steroid dienone is 1. The lowest BCUT2D eigenvalue weighted by Gasteiger charge is -2.37. The first kappa shape index (κ1) is 38.4. The number of aromatic nitrogens is 1. The summed E-state index contributed by atoms with van der Waals surface area (Å²) in [5.74, 6) is -2.00. The van der Waals surface area contributed by atoms with E-state index in [1.54, 1.807) is 16.7 Å². The molecule has 6 atom stereocenters. The van der Waals surface area contributed by atoms with E-state index in [4.69, 9.17) is 9.72 Å². The molecule has 6 aliphatic rings. The van der Waals surface area contributed by atoms with Crippen LogP contribution in [0.3, 0.4) is 0 Å². The lowest BCUT2D eigenvalue weighted by Crippen LogP contribution is -2.57. The number of aryl methyl sites for hydroxylation is 2. The van der Waals surface area contributed by atoms with Crippen molar-refractivity contribution in [3.63, 3.8) is 0 Å². The number of nitrogens with one attached hydrogen (secondary N) is 3. The van der Waals surface area contributed by atoms with Gasteiger partial charge in [-0.15, -0.1) is 0 Å². The predicted molar refractivity (Wildman–Crippen MR) is 215 cm³/mol. The minimum atomic E-state index is -3.89. The summed E-state index contributed by atoms with van der Waals surface area (Å²) in [6, 6.07) is 5.90. The predicted octanol–water partition coefficient (Wildman–Crippen LogP) is 4.78. The van der Waals surface area contributed by atoms with E-state index in [1.807, 2.05) is 43.3 Å². The van der Waals surface area contributed by atoms with E-state index >= 15 is 0 Å². The van der Waals surface area contributed by atoms with Crippen LogP contribution in [0.15, 0.2) is 36.4 Å². The molecule has 5 amide bonds. The zero-order valence-electron chi connectivity index (χ0n) is 31.6. The minimum absolute atomic E-state index is 0.143. The van der Waals surface area contributed by atoms with Gasteiger partial charge in [-0.1, -0.05) is 65.8 Å². The molecule has 3 N–H and O–H groups in total. The van der Waals surface area contributed by atoms with Gasteiger partial charge in [0.05, 0.1) is 28.4 Å². The van der Waals surface area contributed by atoms with Gasteiger partial charge >= 0.3 is 6.03 Å². The van der Waals surface area contributed by atoms with Crippen molar-refractivity contribution >= 4 is 67.3 Å². The van der Waals surface area contributed by atoms with Crippen molar-refractivity contribution in [2.75, 3.05) is 19.6 Å². The van der Waals surface area contributed by atoms with Crippen LogP contribution in [0, 0.1) is 18.8 Å². The number of nitrogens with zero attached hydrogens (tertiary/aromatic N) is 3. The number of piperidine rings is 1. The summed E-state index contributed by atoms with van der Waals surface area (Å²) in [4.78, 5) is 65.0. The molecule has 0 bridgehead atoms. The highest BCUT2D eigenvalue weighted by molar-refractivity contribution is 14.1. The van der Waals surface area contributed by atoms with Gasteiger partial charge in [-0.3, -0.25) is 19.1 Å². The number of pyridine rings is 1. The molecule has 1 aromatic carbocycles. The maximum Gasteiger partial charge on any atom is 0.318 e. The zero-order chi connectivity index (χ0) is 38.8. The highest BCUT2D eigenvalue weighted by atomic mass is 127.